The van der Waals surface area contributed by atoms with Crippen molar-refractivity contribution in [2.45, 2.75) is 39.2 Å². The molecule has 2 rings (SSSR count). The monoisotopic (exact) mass is 226 g/mol. The Kier molecular flexibility index (Phi) is 3.59. The maximum Gasteiger partial charge on any atom is 0.273 e. The fourth-order valence-corrected chi connectivity index (χ4v) is 2.51. The van der Waals surface area contributed by atoms with Gasteiger partial charge in [-0.2, -0.15) is 0 Å². The van der Waals surface area contributed by atoms with E-state index in [9.17, 15) is 0 Å². The van der Waals surface area contributed by atoms with E-state index < -0.39 is 0 Å². The van der Waals surface area contributed by atoms with Crippen LogP contribution in [0.1, 0.15) is 29.8 Å². The molecule has 1 aromatic heterocycles. The van der Waals surface area contributed by atoms with E-state index in [1.165, 1.54) is 24.1 Å². The third-order valence-electron chi connectivity index (χ3n) is 2.83. The second-order valence-electron chi connectivity index (χ2n) is 4.08. The summed E-state index contributed by atoms with van der Waals surface area (Å²) in [7, 11) is 0. The van der Waals surface area contributed by atoms with Crippen LogP contribution in [0.4, 0.5) is 0 Å². The van der Waals surface area contributed by atoms with Crippen molar-refractivity contribution in [2.75, 3.05) is 13.2 Å². The fourth-order valence-electron chi connectivity index (χ4n) is 1.74. The van der Waals surface area contributed by atoms with Gasteiger partial charge in [-0.25, -0.2) is 4.98 Å². The summed E-state index contributed by atoms with van der Waals surface area (Å²) in [4.78, 5) is 5.61. The van der Waals surface area contributed by atoms with Crippen molar-refractivity contribution < 1.29 is 4.74 Å². The summed E-state index contributed by atoms with van der Waals surface area (Å²) in [5.74, 6) is 0. The molecule has 1 aromatic rings. The van der Waals surface area contributed by atoms with E-state index in [1.807, 2.05) is 6.92 Å². The van der Waals surface area contributed by atoms with E-state index in [4.69, 9.17) is 4.74 Å². The van der Waals surface area contributed by atoms with Gasteiger partial charge in [-0.05, 0) is 33.2 Å². The molecule has 1 atom stereocenters. The highest BCUT2D eigenvalue weighted by Gasteiger charge is 2.14. The molecule has 3 nitrogen and oxygen atoms in total. The zero-order chi connectivity index (χ0) is 10.7. The molecule has 0 amide bonds. The van der Waals surface area contributed by atoms with E-state index in [-0.39, 0.29) is 0 Å². The summed E-state index contributed by atoms with van der Waals surface area (Å²) in [6.45, 7) is 5.99. The SMILES string of the molecule is Cc1nc(OCC2CCCCN2)sc1C. The van der Waals surface area contributed by atoms with Crippen molar-refractivity contribution >= 4 is 11.3 Å². The molecule has 1 aliphatic heterocycles. The largest absolute Gasteiger partial charge is 0.468 e. The fraction of sp³-hybridized carbons (Fsp3) is 0.727. The van der Waals surface area contributed by atoms with Gasteiger partial charge in [-0.15, -0.1) is 0 Å². The van der Waals surface area contributed by atoms with Gasteiger partial charge < -0.3 is 10.1 Å². The van der Waals surface area contributed by atoms with Gasteiger partial charge in [-0.3, -0.25) is 0 Å². The normalized spacial score (nSPS) is 21.6. The second-order valence-corrected chi connectivity index (χ2v) is 5.24. The molecule has 4 heteroatoms. The number of aromatic nitrogens is 1. The standard InChI is InChI=1S/C11H18N2OS/c1-8-9(2)15-11(13-8)14-7-10-5-3-4-6-12-10/h10,12H,3-7H2,1-2H3. The highest BCUT2D eigenvalue weighted by atomic mass is 32.1. The minimum Gasteiger partial charge on any atom is -0.468 e. The maximum absolute atomic E-state index is 5.69. The zero-order valence-electron chi connectivity index (χ0n) is 9.38. The Hall–Kier alpha value is -0.610. The van der Waals surface area contributed by atoms with E-state index in [1.54, 1.807) is 11.3 Å². The number of aryl methyl sites for hydroxylation is 2. The van der Waals surface area contributed by atoms with Crippen LogP contribution in [0.5, 0.6) is 5.19 Å². The van der Waals surface area contributed by atoms with Crippen molar-refractivity contribution in [3.63, 3.8) is 0 Å². The Morgan fingerprint density at radius 1 is 1.47 bits per heavy atom. The first kappa shape index (κ1) is 10.9. The van der Waals surface area contributed by atoms with Crippen molar-refractivity contribution in [2.24, 2.45) is 0 Å². The van der Waals surface area contributed by atoms with Gasteiger partial charge in [0, 0.05) is 10.9 Å². The summed E-state index contributed by atoms with van der Waals surface area (Å²) >= 11 is 1.64. The third kappa shape index (κ3) is 2.92. The van der Waals surface area contributed by atoms with Crippen LogP contribution < -0.4 is 10.1 Å². The average molecular weight is 226 g/mol. The van der Waals surface area contributed by atoms with Crippen LogP contribution in [0.2, 0.25) is 0 Å². The smallest absolute Gasteiger partial charge is 0.273 e. The van der Waals surface area contributed by atoms with Gasteiger partial charge in [0.1, 0.15) is 6.61 Å². The quantitative estimate of drug-likeness (QED) is 0.858. The average Bonchev–Trinajstić information content (AvgIpc) is 2.57. The van der Waals surface area contributed by atoms with E-state index >= 15 is 0 Å². The first-order chi connectivity index (χ1) is 7.25. The summed E-state index contributed by atoms with van der Waals surface area (Å²) < 4.78 is 5.69. The Morgan fingerprint density at radius 3 is 2.93 bits per heavy atom. The predicted molar refractivity (Wildman–Crippen MR) is 62.7 cm³/mol. The van der Waals surface area contributed by atoms with Crippen molar-refractivity contribution in [3.8, 4) is 5.19 Å². The number of nitrogens with one attached hydrogen (secondary N) is 1. The van der Waals surface area contributed by atoms with Gasteiger partial charge in [0.25, 0.3) is 5.19 Å². The molecule has 2 heterocycles. The highest BCUT2D eigenvalue weighted by Crippen LogP contribution is 2.23. The van der Waals surface area contributed by atoms with Crippen molar-refractivity contribution in [1.29, 1.82) is 0 Å². The van der Waals surface area contributed by atoms with E-state index in [0.29, 0.717) is 6.04 Å². The van der Waals surface area contributed by atoms with Gasteiger partial charge in [0.15, 0.2) is 0 Å². The highest BCUT2D eigenvalue weighted by molar-refractivity contribution is 7.13. The summed E-state index contributed by atoms with van der Waals surface area (Å²) in [5, 5.41) is 4.28. The van der Waals surface area contributed by atoms with Crippen LogP contribution in [-0.4, -0.2) is 24.2 Å². The molecule has 0 saturated carbocycles. The molecule has 0 aliphatic carbocycles. The molecular weight excluding hydrogens is 208 g/mol. The number of thiazole rings is 1. The van der Waals surface area contributed by atoms with Gasteiger partial charge in [0.05, 0.1) is 5.69 Å². The molecule has 15 heavy (non-hydrogen) atoms. The van der Waals surface area contributed by atoms with E-state index in [0.717, 1.165) is 24.0 Å². The minimum atomic E-state index is 0.517. The number of rotatable bonds is 3. The Bertz CT molecular complexity index is 299. The predicted octanol–water partition coefficient (Wildman–Crippen LogP) is 2.28. The number of hydrogen-bond acceptors (Lipinski definition) is 4. The Labute approximate surface area is 94.9 Å². The zero-order valence-corrected chi connectivity index (χ0v) is 10.2. The lowest BCUT2D eigenvalue weighted by atomic mass is 10.1. The topological polar surface area (TPSA) is 34.1 Å². The van der Waals surface area contributed by atoms with Crippen LogP contribution in [0, 0.1) is 13.8 Å². The third-order valence-corrected chi connectivity index (χ3v) is 3.81. The van der Waals surface area contributed by atoms with Crippen molar-refractivity contribution in [1.82, 2.24) is 10.3 Å². The number of nitrogens with zero attached hydrogens (tertiary/aromatic N) is 1. The molecule has 1 fully saturated rings. The first-order valence-electron chi connectivity index (χ1n) is 5.56. The second kappa shape index (κ2) is 4.94. The molecule has 1 aliphatic rings. The Morgan fingerprint density at radius 2 is 2.33 bits per heavy atom. The molecule has 84 valence electrons. The van der Waals surface area contributed by atoms with Crippen LogP contribution in [0.15, 0.2) is 0 Å². The maximum atomic E-state index is 5.69. The molecule has 1 saturated heterocycles. The molecular formula is C11H18N2OS. The molecule has 0 aromatic carbocycles. The lowest BCUT2D eigenvalue weighted by molar-refractivity contribution is 0.238. The first-order valence-corrected chi connectivity index (χ1v) is 6.37. The lowest BCUT2D eigenvalue weighted by Gasteiger charge is -2.22. The van der Waals surface area contributed by atoms with Crippen LogP contribution in [-0.2, 0) is 0 Å². The van der Waals surface area contributed by atoms with Crippen LogP contribution >= 0.6 is 11.3 Å². The summed E-state index contributed by atoms with van der Waals surface area (Å²) in [6.07, 6.45) is 3.84. The van der Waals surface area contributed by atoms with Crippen LogP contribution in [0.25, 0.3) is 0 Å². The molecule has 0 radical (unpaired) electrons. The summed E-state index contributed by atoms with van der Waals surface area (Å²) in [6, 6.07) is 0.517. The summed E-state index contributed by atoms with van der Waals surface area (Å²) in [5.41, 5.74) is 1.09. The Balaban J connectivity index is 1.81. The molecule has 0 spiro atoms. The van der Waals surface area contributed by atoms with Crippen molar-refractivity contribution in [3.05, 3.63) is 10.6 Å². The van der Waals surface area contributed by atoms with Gasteiger partial charge in [0.2, 0.25) is 0 Å². The van der Waals surface area contributed by atoms with Gasteiger partial charge >= 0.3 is 0 Å². The minimum absolute atomic E-state index is 0.517. The van der Waals surface area contributed by atoms with Crippen LogP contribution in [0.3, 0.4) is 0 Å². The molecule has 1 N–H and O–H groups in total. The lowest BCUT2D eigenvalue weighted by Crippen LogP contribution is -2.38. The number of ether oxygens (including phenoxy) is 1. The number of hydrogen-bond donors (Lipinski definition) is 1. The van der Waals surface area contributed by atoms with E-state index in [2.05, 4.69) is 17.2 Å². The molecule has 1 unspecified atom stereocenters. The van der Waals surface area contributed by atoms with Gasteiger partial charge in [-0.1, -0.05) is 17.8 Å². The molecule has 0 bridgehead atoms. The number of piperidine rings is 1.